The molecule has 0 spiro atoms. The molecule has 2 radical (unpaired) electrons. The Morgan fingerprint density at radius 3 is 3.05 bits per heavy atom. The van der Waals surface area contributed by atoms with Crippen LogP contribution in [0.3, 0.4) is 0 Å². The molecule has 0 atom stereocenters. The van der Waals surface area contributed by atoms with Crippen LogP contribution in [-0.2, 0) is 18.4 Å². The first-order chi connectivity index (χ1) is 9.66. The summed E-state index contributed by atoms with van der Waals surface area (Å²) < 4.78 is 6.98. The maximum atomic E-state index is 12.6. The van der Waals surface area contributed by atoms with E-state index in [9.17, 15) is 4.79 Å². The number of nitrogens with zero attached hydrogens (tertiary/aromatic N) is 4. The smallest absolute Gasteiger partial charge is 0.278 e. The van der Waals surface area contributed by atoms with E-state index >= 15 is 0 Å². The molecule has 0 saturated heterocycles. The highest BCUT2D eigenvalue weighted by atomic mass is 16.5. The van der Waals surface area contributed by atoms with Crippen molar-refractivity contribution < 1.29 is 9.53 Å². The number of anilines is 1. The Bertz CT molecular complexity index is 656. The largest absolute Gasteiger partial charge is 0.375 e. The third kappa shape index (κ3) is 2.20. The fourth-order valence-corrected chi connectivity index (χ4v) is 2.28. The highest BCUT2D eigenvalue weighted by Gasteiger charge is 2.24. The van der Waals surface area contributed by atoms with E-state index in [1.165, 1.54) is 10.9 Å². The summed E-state index contributed by atoms with van der Waals surface area (Å²) in [4.78, 5) is 14.3. The number of ether oxygens (including phenoxy) is 1. The van der Waals surface area contributed by atoms with Crippen LogP contribution in [0.2, 0.25) is 0 Å². The predicted octanol–water partition coefficient (Wildman–Crippen LogP) is -0.214. The van der Waals surface area contributed by atoms with Crippen LogP contribution in [0.5, 0.6) is 0 Å². The van der Waals surface area contributed by atoms with Crippen LogP contribution >= 0.6 is 0 Å². The van der Waals surface area contributed by atoms with Gasteiger partial charge in [0.15, 0.2) is 0 Å². The van der Waals surface area contributed by atoms with E-state index in [1.54, 1.807) is 18.0 Å². The highest BCUT2D eigenvalue weighted by molar-refractivity contribution is 6.32. The van der Waals surface area contributed by atoms with Crippen molar-refractivity contribution in [3.8, 4) is 0 Å². The topological polar surface area (TPSA) is 60.2 Å². The number of amides is 1. The fraction of sp³-hybridized carbons (Fsp3) is 0.308. The molecule has 0 bridgehead atoms. The highest BCUT2D eigenvalue weighted by Crippen LogP contribution is 2.24. The maximum absolute atomic E-state index is 12.6. The molecule has 0 fully saturated rings. The molecule has 6 nitrogen and oxygen atoms in total. The van der Waals surface area contributed by atoms with Crippen LogP contribution in [0.15, 0.2) is 24.4 Å². The van der Waals surface area contributed by atoms with Crippen LogP contribution < -0.4 is 10.4 Å². The Morgan fingerprint density at radius 2 is 2.30 bits per heavy atom. The van der Waals surface area contributed by atoms with Gasteiger partial charge in [-0.2, -0.15) is 0 Å². The Hall–Kier alpha value is -2.15. The summed E-state index contributed by atoms with van der Waals surface area (Å²) in [6, 6.07) is 5.47. The molecule has 1 aromatic heterocycles. The average molecular weight is 268 g/mol. The second-order valence-corrected chi connectivity index (χ2v) is 4.64. The first-order valence-corrected chi connectivity index (χ1v) is 6.29. The molecular weight excluding hydrogens is 255 g/mol. The molecule has 1 amide bonds. The molecule has 0 N–H and O–H groups in total. The Kier molecular flexibility index (Phi) is 3.27. The summed E-state index contributed by atoms with van der Waals surface area (Å²) in [6.45, 7) is 1.42. The zero-order chi connectivity index (χ0) is 14.1. The minimum atomic E-state index is -0.144. The quantitative estimate of drug-likeness (QED) is 0.671. The van der Waals surface area contributed by atoms with Crippen molar-refractivity contribution >= 4 is 24.9 Å². The van der Waals surface area contributed by atoms with Gasteiger partial charge in [-0.3, -0.25) is 4.79 Å². The number of fused-ring (bicyclic) bond motifs is 1. The van der Waals surface area contributed by atoms with Gasteiger partial charge in [0.25, 0.3) is 5.91 Å². The summed E-state index contributed by atoms with van der Waals surface area (Å²) >= 11 is 0. The van der Waals surface area contributed by atoms with Gasteiger partial charge >= 0.3 is 0 Å². The molecule has 2 aromatic rings. The molecule has 0 unspecified atom stereocenters. The van der Waals surface area contributed by atoms with E-state index in [4.69, 9.17) is 12.6 Å². The average Bonchev–Trinajstić information content (AvgIpc) is 2.74. The number of aromatic nitrogens is 3. The number of hydrogen-bond acceptors (Lipinski definition) is 4. The third-order valence-electron chi connectivity index (χ3n) is 3.29. The molecular formula is C13H13BN4O2. The van der Waals surface area contributed by atoms with Gasteiger partial charge in [-0.25, -0.2) is 4.68 Å². The van der Waals surface area contributed by atoms with E-state index in [1.807, 2.05) is 12.1 Å². The zero-order valence-corrected chi connectivity index (χ0v) is 11.1. The summed E-state index contributed by atoms with van der Waals surface area (Å²) in [6.07, 6.45) is 1.46. The molecule has 100 valence electrons. The van der Waals surface area contributed by atoms with Crippen LogP contribution in [0.4, 0.5) is 5.69 Å². The lowest BCUT2D eigenvalue weighted by molar-refractivity contribution is 0.0957. The number of aryl methyl sites for hydroxylation is 1. The predicted molar refractivity (Wildman–Crippen MR) is 74.2 cm³/mol. The van der Waals surface area contributed by atoms with Gasteiger partial charge in [-0.15, -0.1) is 5.10 Å². The molecule has 0 saturated carbocycles. The molecule has 0 aliphatic carbocycles. The fourth-order valence-electron chi connectivity index (χ4n) is 2.28. The second kappa shape index (κ2) is 5.09. The molecule has 1 aliphatic rings. The van der Waals surface area contributed by atoms with Crippen LogP contribution in [-0.4, -0.2) is 41.9 Å². The molecule has 1 aromatic carbocycles. The third-order valence-corrected chi connectivity index (χ3v) is 3.29. The van der Waals surface area contributed by atoms with E-state index in [2.05, 4.69) is 10.3 Å². The first-order valence-electron chi connectivity index (χ1n) is 6.29. The minimum Gasteiger partial charge on any atom is -0.375 e. The number of carbonyl (C=O) groups is 1. The van der Waals surface area contributed by atoms with Crippen molar-refractivity contribution in [3.05, 3.63) is 35.7 Å². The van der Waals surface area contributed by atoms with Gasteiger partial charge in [0.05, 0.1) is 19.4 Å². The normalized spacial score (nSPS) is 14.8. The van der Waals surface area contributed by atoms with Crippen molar-refractivity contribution in [2.24, 2.45) is 7.05 Å². The maximum Gasteiger partial charge on any atom is 0.278 e. The van der Waals surface area contributed by atoms with Crippen LogP contribution in [0, 0.1) is 0 Å². The van der Waals surface area contributed by atoms with Crippen molar-refractivity contribution in [1.82, 2.24) is 15.0 Å². The van der Waals surface area contributed by atoms with E-state index < -0.39 is 0 Å². The lowest BCUT2D eigenvalue weighted by atomic mass is 9.93. The van der Waals surface area contributed by atoms with Crippen molar-refractivity contribution in [1.29, 1.82) is 0 Å². The molecule has 1 aliphatic heterocycles. The van der Waals surface area contributed by atoms with Gasteiger partial charge in [-0.05, 0) is 6.07 Å². The van der Waals surface area contributed by atoms with Crippen LogP contribution in [0.1, 0.15) is 16.1 Å². The van der Waals surface area contributed by atoms with Gasteiger partial charge in [-0.1, -0.05) is 22.8 Å². The first kappa shape index (κ1) is 12.9. The van der Waals surface area contributed by atoms with Crippen molar-refractivity contribution in [2.75, 3.05) is 18.1 Å². The number of rotatable bonds is 1. The molecule has 2 heterocycles. The Morgan fingerprint density at radius 1 is 1.45 bits per heavy atom. The Balaban J connectivity index is 2.02. The SMILES string of the molecule is [B]c1ccc2c(c1)COCCN2C(=O)c1cnnn1C. The van der Waals surface area contributed by atoms with Crippen molar-refractivity contribution in [3.63, 3.8) is 0 Å². The van der Waals surface area contributed by atoms with Gasteiger partial charge in [0, 0.05) is 24.8 Å². The van der Waals surface area contributed by atoms with Crippen molar-refractivity contribution in [2.45, 2.75) is 6.61 Å². The number of benzene rings is 1. The number of hydrogen-bond donors (Lipinski definition) is 0. The molecule has 7 heteroatoms. The summed E-state index contributed by atoms with van der Waals surface area (Å²) in [5, 5.41) is 7.54. The second-order valence-electron chi connectivity index (χ2n) is 4.64. The lowest BCUT2D eigenvalue weighted by Crippen LogP contribution is -2.34. The summed E-state index contributed by atoms with van der Waals surface area (Å²) in [5.74, 6) is -0.144. The number of carbonyl (C=O) groups excluding carboxylic acids is 1. The van der Waals surface area contributed by atoms with E-state index in [0.29, 0.717) is 30.9 Å². The van der Waals surface area contributed by atoms with Gasteiger partial charge in [0.1, 0.15) is 13.5 Å². The van der Waals surface area contributed by atoms with Gasteiger partial charge < -0.3 is 9.64 Å². The van der Waals surface area contributed by atoms with Gasteiger partial charge in [0.2, 0.25) is 0 Å². The standard InChI is InChI=1S/C13H13BN4O2/c1-17-12(7-15-16-17)13(19)18-4-5-20-8-9-6-10(14)2-3-11(9)18/h2-3,6-7H,4-5,8H2,1H3. The Labute approximate surface area is 117 Å². The molecule has 20 heavy (non-hydrogen) atoms. The summed E-state index contributed by atoms with van der Waals surface area (Å²) in [7, 11) is 7.48. The van der Waals surface area contributed by atoms with E-state index in [0.717, 1.165) is 11.3 Å². The molecule has 3 rings (SSSR count). The lowest BCUT2D eigenvalue weighted by Gasteiger charge is -2.22. The minimum absolute atomic E-state index is 0.144. The summed E-state index contributed by atoms with van der Waals surface area (Å²) in [5.41, 5.74) is 2.83. The zero-order valence-electron chi connectivity index (χ0n) is 11.1. The van der Waals surface area contributed by atoms with Crippen LogP contribution in [0.25, 0.3) is 0 Å². The monoisotopic (exact) mass is 268 g/mol. The van der Waals surface area contributed by atoms with E-state index in [-0.39, 0.29) is 5.91 Å².